The van der Waals surface area contributed by atoms with Crippen LogP contribution in [0.15, 0.2) is 0 Å². The van der Waals surface area contributed by atoms with E-state index in [9.17, 15) is 0 Å². The molecule has 1 nitrogen and oxygen atoms in total. The highest BCUT2D eigenvalue weighted by Crippen LogP contribution is 2.39. The minimum absolute atomic E-state index is 0.466. The van der Waals surface area contributed by atoms with E-state index in [1.54, 1.807) is 0 Å². The van der Waals surface area contributed by atoms with Gasteiger partial charge in [0.15, 0.2) is 0 Å². The summed E-state index contributed by atoms with van der Waals surface area (Å²) >= 11 is 0. The largest absolute Gasteiger partial charge is 0.313 e. The van der Waals surface area contributed by atoms with Crippen LogP contribution in [0.2, 0.25) is 0 Å². The maximum atomic E-state index is 3.68. The highest BCUT2D eigenvalue weighted by molar-refractivity contribution is 4.88. The molecule has 1 aliphatic heterocycles. The third-order valence-electron chi connectivity index (χ3n) is 3.12. The van der Waals surface area contributed by atoms with Gasteiger partial charge in [-0.2, -0.15) is 0 Å². The molecule has 1 aliphatic rings. The Bertz CT molecular complexity index is 170. The molecule has 0 amide bonds. The average Bonchev–Trinajstić information content (AvgIpc) is 2.04. The molecule has 1 saturated heterocycles. The minimum atomic E-state index is 0.466. The van der Waals surface area contributed by atoms with Gasteiger partial charge in [-0.3, -0.25) is 0 Å². The van der Waals surface area contributed by atoms with Gasteiger partial charge in [-0.25, -0.2) is 0 Å². The Labute approximate surface area is 83.3 Å². The Morgan fingerprint density at radius 3 is 2.31 bits per heavy atom. The molecule has 0 bridgehead atoms. The van der Waals surface area contributed by atoms with Gasteiger partial charge in [-0.15, -0.1) is 0 Å². The molecule has 0 spiro atoms. The van der Waals surface area contributed by atoms with Gasteiger partial charge in [-0.1, -0.05) is 34.6 Å². The topological polar surface area (TPSA) is 12.0 Å². The van der Waals surface area contributed by atoms with E-state index in [2.05, 4.69) is 39.9 Å². The number of hydrogen-bond acceptors (Lipinski definition) is 1. The number of hydrogen-bond donors (Lipinski definition) is 1. The van der Waals surface area contributed by atoms with Crippen molar-refractivity contribution >= 4 is 0 Å². The van der Waals surface area contributed by atoms with Crippen LogP contribution in [0.5, 0.6) is 0 Å². The second-order valence-electron chi connectivity index (χ2n) is 6.20. The van der Waals surface area contributed by atoms with Crippen LogP contribution in [0.25, 0.3) is 0 Å². The van der Waals surface area contributed by atoms with Crippen molar-refractivity contribution in [3.8, 4) is 0 Å². The summed E-state index contributed by atoms with van der Waals surface area (Å²) < 4.78 is 0. The van der Waals surface area contributed by atoms with E-state index in [1.807, 2.05) is 0 Å². The van der Waals surface area contributed by atoms with Crippen LogP contribution in [0.4, 0.5) is 0 Å². The first-order valence-electron chi connectivity index (χ1n) is 5.58. The van der Waals surface area contributed by atoms with Gasteiger partial charge in [0.25, 0.3) is 0 Å². The highest BCUT2D eigenvalue weighted by Gasteiger charge is 2.34. The molecule has 1 fully saturated rings. The SMILES string of the molecule is CC[C@@H]1CC(C)(C)CC(C)(C)CN1. The smallest absolute Gasteiger partial charge is 0.00697 e. The van der Waals surface area contributed by atoms with Gasteiger partial charge in [0, 0.05) is 12.6 Å². The van der Waals surface area contributed by atoms with Gasteiger partial charge >= 0.3 is 0 Å². The monoisotopic (exact) mass is 183 g/mol. The fourth-order valence-electron chi connectivity index (χ4n) is 2.88. The first-order valence-corrected chi connectivity index (χ1v) is 5.58. The van der Waals surface area contributed by atoms with Crippen molar-refractivity contribution in [1.29, 1.82) is 0 Å². The van der Waals surface area contributed by atoms with Gasteiger partial charge in [0.05, 0.1) is 0 Å². The van der Waals surface area contributed by atoms with E-state index in [0.29, 0.717) is 10.8 Å². The maximum Gasteiger partial charge on any atom is 0.00697 e. The zero-order valence-electron chi connectivity index (χ0n) is 9.91. The first-order chi connectivity index (χ1) is 5.85. The van der Waals surface area contributed by atoms with Gasteiger partial charge < -0.3 is 5.32 Å². The molecule has 0 saturated carbocycles. The van der Waals surface area contributed by atoms with Crippen LogP contribution in [0.3, 0.4) is 0 Å². The van der Waals surface area contributed by atoms with Crippen molar-refractivity contribution in [3.05, 3.63) is 0 Å². The fourth-order valence-corrected chi connectivity index (χ4v) is 2.88. The van der Waals surface area contributed by atoms with Gasteiger partial charge in [0.2, 0.25) is 0 Å². The molecule has 1 N–H and O–H groups in total. The third kappa shape index (κ3) is 3.30. The van der Waals surface area contributed by atoms with Crippen molar-refractivity contribution in [1.82, 2.24) is 5.32 Å². The molecule has 13 heavy (non-hydrogen) atoms. The molecule has 1 heteroatoms. The van der Waals surface area contributed by atoms with E-state index < -0.39 is 0 Å². The lowest BCUT2D eigenvalue weighted by Gasteiger charge is -2.31. The van der Waals surface area contributed by atoms with E-state index in [1.165, 1.54) is 25.8 Å². The fraction of sp³-hybridized carbons (Fsp3) is 1.00. The Morgan fingerprint density at radius 1 is 1.15 bits per heavy atom. The summed E-state index contributed by atoms with van der Waals surface area (Å²) in [6, 6.07) is 0.733. The molecule has 0 aromatic carbocycles. The summed E-state index contributed by atoms with van der Waals surface area (Å²) in [6.07, 6.45) is 3.93. The predicted octanol–water partition coefficient (Wildman–Crippen LogP) is 3.20. The lowest BCUT2D eigenvalue weighted by atomic mass is 9.74. The quantitative estimate of drug-likeness (QED) is 0.658. The normalized spacial score (nSPS) is 32.5. The summed E-state index contributed by atoms with van der Waals surface area (Å²) in [5.74, 6) is 0. The van der Waals surface area contributed by atoms with Crippen LogP contribution in [-0.2, 0) is 0 Å². The van der Waals surface area contributed by atoms with Gasteiger partial charge in [0.1, 0.15) is 0 Å². The van der Waals surface area contributed by atoms with E-state index in [-0.39, 0.29) is 0 Å². The molecular weight excluding hydrogens is 158 g/mol. The van der Waals surface area contributed by atoms with Crippen molar-refractivity contribution in [3.63, 3.8) is 0 Å². The summed E-state index contributed by atoms with van der Waals surface area (Å²) in [4.78, 5) is 0. The van der Waals surface area contributed by atoms with Crippen LogP contribution in [0.1, 0.15) is 53.9 Å². The third-order valence-corrected chi connectivity index (χ3v) is 3.12. The lowest BCUT2D eigenvalue weighted by molar-refractivity contribution is 0.208. The van der Waals surface area contributed by atoms with Crippen molar-refractivity contribution in [2.75, 3.05) is 6.54 Å². The van der Waals surface area contributed by atoms with Crippen LogP contribution < -0.4 is 5.32 Å². The molecule has 0 unspecified atom stereocenters. The summed E-state index contributed by atoms with van der Waals surface area (Å²) in [6.45, 7) is 13.0. The molecule has 1 atom stereocenters. The second kappa shape index (κ2) is 3.61. The summed E-state index contributed by atoms with van der Waals surface area (Å²) in [7, 11) is 0. The van der Waals surface area contributed by atoms with Crippen LogP contribution in [0, 0.1) is 10.8 Å². The molecule has 0 aliphatic carbocycles. The lowest BCUT2D eigenvalue weighted by Crippen LogP contribution is -2.33. The highest BCUT2D eigenvalue weighted by atomic mass is 14.9. The molecule has 78 valence electrons. The Hall–Kier alpha value is -0.0400. The van der Waals surface area contributed by atoms with Crippen molar-refractivity contribution in [2.45, 2.75) is 59.9 Å². The molecule has 1 rings (SSSR count). The Morgan fingerprint density at radius 2 is 1.77 bits per heavy atom. The second-order valence-corrected chi connectivity index (χ2v) is 6.20. The Kier molecular flexibility index (Phi) is 3.06. The van der Waals surface area contributed by atoms with E-state index in [4.69, 9.17) is 0 Å². The predicted molar refractivity (Wildman–Crippen MR) is 58.9 cm³/mol. The average molecular weight is 183 g/mol. The van der Waals surface area contributed by atoms with Crippen LogP contribution >= 0.6 is 0 Å². The zero-order valence-corrected chi connectivity index (χ0v) is 9.91. The first kappa shape index (κ1) is 11.0. The number of nitrogens with one attached hydrogen (secondary N) is 1. The molecule has 1 heterocycles. The van der Waals surface area contributed by atoms with Gasteiger partial charge in [-0.05, 0) is 30.1 Å². The number of rotatable bonds is 1. The Balaban J connectivity index is 2.69. The minimum Gasteiger partial charge on any atom is -0.313 e. The maximum absolute atomic E-state index is 3.68. The van der Waals surface area contributed by atoms with E-state index in [0.717, 1.165) is 6.04 Å². The molecule has 0 radical (unpaired) electrons. The van der Waals surface area contributed by atoms with Crippen molar-refractivity contribution < 1.29 is 0 Å². The standard InChI is InChI=1S/C12H25N/c1-6-10-7-11(2,3)8-12(4,5)9-13-10/h10,13H,6-9H2,1-5H3/t10-/m1/s1. The molecule has 0 aromatic heterocycles. The van der Waals surface area contributed by atoms with Crippen LogP contribution in [-0.4, -0.2) is 12.6 Å². The summed E-state index contributed by atoms with van der Waals surface area (Å²) in [5, 5.41) is 3.68. The van der Waals surface area contributed by atoms with Crippen molar-refractivity contribution in [2.24, 2.45) is 10.8 Å². The molecule has 0 aromatic rings. The zero-order chi connectivity index (χ0) is 10.1. The summed E-state index contributed by atoms with van der Waals surface area (Å²) in [5.41, 5.74) is 0.973. The van der Waals surface area contributed by atoms with E-state index >= 15 is 0 Å². The molecular formula is C12H25N.